The van der Waals surface area contributed by atoms with Crippen molar-refractivity contribution in [1.29, 1.82) is 0 Å². The molecule has 0 radical (unpaired) electrons. The summed E-state index contributed by atoms with van der Waals surface area (Å²) >= 11 is 1.43. The Balaban J connectivity index is 2.25. The van der Waals surface area contributed by atoms with Crippen LogP contribution in [0.2, 0.25) is 0 Å². The maximum absolute atomic E-state index is 11.3. The summed E-state index contributed by atoms with van der Waals surface area (Å²) in [5.41, 5.74) is 1.06. The van der Waals surface area contributed by atoms with Gasteiger partial charge in [-0.05, 0) is 18.1 Å². The fourth-order valence-electron chi connectivity index (χ4n) is 1.38. The summed E-state index contributed by atoms with van der Waals surface area (Å²) in [5, 5.41) is 0.294. The van der Waals surface area contributed by atoms with Gasteiger partial charge in [0.15, 0.2) is 5.12 Å². The maximum atomic E-state index is 11.3. The van der Waals surface area contributed by atoms with Crippen molar-refractivity contribution in [2.75, 3.05) is 5.75 Å². The van der Waals surface area contributed by atoms with Crippen LogP contribution in [0.15, 0.2) is 24.5 Å². The molecule has 1 aliphatic heterocycles. The molecule has 2 rings (SSSR count). The average molecular weight is 179 g/mol. The van der Waals surface area contributed by atoms with Gasteiger partial charge in [-0.25, -0.2) is 0 Å². The Kier molecular flexibility index (Phi) is 2.13. The van der Waals surface area contributed by atoms with E-state index in [9.17, 15) is 4.79 Å². The molecule has 1 unspecified atom stereocenters. The molecular weight excluding hydrogens is 170 g/mol. The Bertz CT molecular complexity index is 286. The first-order valence-electron chi connectivity index (χ1n) is 3.94. The predicted octanol–water partition coefficient (Wildman–Crippen LogP) is 1.83. The van der Waals surface area contributed by atoms with Gasteiger partial charge in [0.25, 0.3) is 0 Å². The van der Waals surface area contributed by atoms with Crippen LogP contribution in [0.5, 0.6) is 0 Å². The fourth-order valence-corrected chi connectivity index (χ4v) is 2.39. The molecule has 0 amide bonds. The van der Waals surface area contributed by atoms with Gasteiger partial charge < -0.3 is 0 Å². The molecule has 0 N–H and O–H groups in total. The van der Waals surface area contributed by atoms with Crippen LogP contribution in [0.3, 0.4) is 0 Å². The number of hydrogen-bond donors (Lipinski definition) is 0. The number of aromatic nitrogens is 1. The first-order chi connectivity index (χ1) is 5.88. The molecule has 0 aromatic carbocycles. The van der Waals surface area contributed by atoms with Gasteiger partial charge in [-0.2, -0.15) is 0 Å². The van der Waals surface area contributed by atoms with Crippen LogP contribution in [-0.2, 0) is 4.79 Å². The van der Waals surface area contributed by atoms with Crippen molar-refractivity contribution in [2.45, 2.75) is 12.3 Å². The highest BCUT2D eigenvalue weighted by Gasteiger charge is 2.26. The topological polar surface area (TPSA) is 30.0 Å². The standard InChI is InChI=1S/C9H9NOS/c11-9-8(3-5-12-9)7-2-1-4-10-6-7/h1-2,4,6,8H,3,5H2. The second-order valence-electron chi connectivity index (χ2n) is 2.80. The predicted molar refractivity (Wildman–Crippen MR) is 49.1 cm³/mol. The molecule has 1 saturated heterocycles. The second-order valence-corrected chi connectivity index (χ2v) is 3.89. The van der Waals surface area contributed by atoms with Crippen molar-refractivity contribution in [3.05, 3.63) is 30.1 Å². The average Bonchev–Trinajstić information content (AvgIpc) is 2.53. The largest absolute Gasteiger partial charge is 0.287 e. The summed E-state index contributed by atoms with van der Waals surface area (Å²) in [6.07, 6.45) is 4.49. The van der Waals surface area contributed by atoms with E-state index in [0.717, 1.165) is 17.7 Å². The molecule has 0 aliphatic carbocycles. The van der Waals surface area contributed by atoms with Gasteiger partial charge in [-0.15, -0.1) is 0 Å². The molecule has 1 aromatic heterocycles. The number of carbonyl (C=O) groups excluding carboxylic acids is 1. The smallest absolute Gasteiger partial charge is 0.196 e. The summed E-state index contributed by atoms with van der Waals surface area (Å²) in [6.45, 7) is 0. The quantitative estimate of drug-likeness (QED) is 0.658. The van der Waals surface area contributed by atoms with Gasteiger partial charge in [0, 0.05) is 18.1 Å². The van der Waals surface area contributed by atoms with Crippen LogP contribution in [0.4, 0.5) is 0 Å². The van der Waals surface area contributed by atoms with E-state index in [-0.39, 0.29) is 5.92 Å². The van der Waals surface area contributed by atoms with Crippen molar-refractivity contribution in [1.82, 2.24) is 4.98 Å². The molecular formula is C9H9NOS. The van der Waals surface area contributed by atoms with Crippen molar-refractivity contribution in [3.8, 4) is 0 Å². The Morgan fingerprint density at radius 1 is 1.58 bits per heavy atom. The second kappa shape index (κ2) is 3.27. The highest BCUT2D eigenvalue weighted by Crippen LogP contribution is 2.33. The molecule has 2 nitrogen and oxygen atoms in total. The summed E-state index contributed by atoms with van der Waals surface area (Å²) in [5.74, 6) is 1.06. The lowest BCUT2D eigenvalue weighted by Crippen LogP contribution is -2.02. The molecule has 0 bridgehead atoms. The van der Waals surface area contributed by atoms with Gasteiger partial charge in [-0.3, -0.25) is 9.78 Å². The first-order valence-corrected chi connectivity index (χ1v) is 4.93. The number of hydrogen-bond acceptors (Lipinski definition) is 3. The van der Waals surface area contributed by atoms with E-state index in [1.807, 2.05) is 12.1 Å². The van der Waals surface area contributed by atoms with E-state index in [1.165, 1.54) is 11.8 Å². The van der Waals surface area contributed by atoms with E-state index in [0.29, 0.717) is 5.12 Å². The fraction of sp³-hybridized carbons (Fsp3) is 0.333. The SMILES string of the molecule is O=C1SCCC1c1cccnc1. The Morgan fingerprint density at radius 3 is 3.08 bits per heavy atom. The zero-order valence-electron chi connectivity index (χ0n) is 6.56. The third-order valence-electron chi connectivity index (χ3n) is 2.02. The number of thioether (sulfide) groups is 1. The monoisotopic (exact) mass is 179 g/mol. The molecule has 2 heterocycles. The van der Waals surface area contributed by atoms with Crippen LogP contribution >= 0.6 is 11.8 Å². The summed E-state index contributed by atoms with van der Waals surface area (Å²) < 4.78 is 0. The van der Waals surface area contributed by atoms with Crippen LogP contribution in [0.25, 0.3) is 0 Å². The zero-order valence-corrected chi connectivity index (χ0v) is 7.38. The third kappa shape index (κ3) is 1.37. The highest BCUT2D eigenvalue weighted by molar-refractivity contribution is 8.14. The minimum absolute atomic E-state index is 0.101. The van der Waals surface area contributed by atoms with Crippen molar-refractivity contribution < 1.29 is 4.79 Å². The molecule has 0 saturated carbocycles. The minimum Gasteiger partial charge on any atom is -0.287 e. The summed E-state index contributed by atoms with van der Waals surface area (Å²) in [4.78, 5) is 15.3. The lowest BCUT2D eigenvalue weighted by molar-refractivity contribution is -0.111. The maximum Gasteiger partial charge on any atom is 0.196 e. The lowest BCUT2D eigenvalue weighted by Gasteiger charge is -2.04. The number of carbonyl (C=O) groups is 1. The van der Waals surface area contributed by atoms with Crippen LogP contribution in [0.1, 0.15) is 17.9 Å². The number of rotatable bonds is 1. The Hall–Kier alpha value is -0.830. The van der Waals surface area contributed by atoms with Gasteiger partial charge in [0.05, 0.1) is 5.92 Å². The van der Waals surface area contributed by atoms with Gasteiger partial charge >= 0.3 is 0 Å². The number of pyridine rings is 1. The third-order valence-corrected chi connectivity index (χ3v) is 3.03. The molecule has 1 fully saturated rings. The highest BCUT2D eigenvalue weighted by atomic mass is 32.2. The zero-order chi connectivity index (χ0) is 8.39. The molecule has 1 aliphatic rings. The van der Waals surface area contributed by atoms with Gasteiger partial charge in [0.2, 0.25) is 0 Å². The molecule has 62 valence electrons. The van der Waals surface area contributed by atoms with E-state index < -0.39 is 0 Å². The van der Waals surface area contributed by atoms with E-state index in [4.69, 9.17) is 0 Å². The van der Waals surface area contributed by atoms with Crippen LogP contribution in [0, 0.1) is 0 Å². The lowest BCUT2D eigenvalue weighted by atomic mass is 10.0. The van der Waals surface area contributed by atoms with Gasteiger partial charge in [0.1, 0.15) is 0 Å². The van der Waals surface area contributed by atoms with Gasteiger partial charge in [-0.1, -0.05) is 17.8 Å². The van der Waals surface area contributed by atoms with E-state index in [2.05, 4.69) is 4.98 Å². The summed E-state index contributed by atoms with van der Waals surface area (Å²) in [6, 6.07) is 3.85. The van der Waals surface area contributed by atoms with Crippen LogP contribution < -0.4 is 0 Å². The Morgan fingerprint density at radius 2 is 2.50 bits per heavy atom. The van der Waals surface area contributed by atoms with Crippen molar-refractivity contribution >= 4 is 16.9 Å². The molecule has 12 heavy (non-hydrogen) atoms. The normalized spacial score (nSPS) is 23.0. The van der Waals surface area contributed by atoms with Crippen molar-refractivity contribution in [3.63, 3.8) is 0 Å². The first kappa shape index (κ1) is 7.80. The van der Waals surface area contributed by atoms with E-state index in [1.54, 1.807) is 12.4 Å². The molecule has 1 aromatic rings. The molecule has 0 spiro atoms. The Labute approximate surface area is 75.4 Å². The van der Waals surface area contributed by atoms with Crippen molar-refractivity contribution in [2.24, 2.45) is 0 Å². The summed E-state index contributed by atoms with van der Waals surface area (Å²) in [7, 11) is 0. The number of nitrogens with zero attached hydrogens (tertiary/aromatic N) is 1. The van der Waals surface area contributed by atoms with E-state index >= 15 is 0 Å². The van der Waals surface area contributed by atoms with Crippen LogP contribution in [-0.4, -0.2) is 15.9 Å². The minimum atomic E-state index is 0.101. The molecule has 1 atom stereocenters. The molecule has 3 heteroatoms.